The fourth-order valence-corrected chi connectivity index (χ4v) is 11.6. The van der Waals surface area contributed by atoms with Crippen molar-refractivity contribution in [1.29, 1.82) is 0 Å². The summed E-state index contributed by atoms with van der Waals surface area (Å²) in [6.45, 7) is 9.55. The molecule has 250 valence electrons. The summed E-state index contributed by atoms with van der Waals surface area (Å²) in [5.41, 5.74) is 16.1. The van der Waals surface area contributed by atoms with Crippen LogP contribution in [0, 0.1) is 0 Å². The Morgan fingerprint density at radius 1 is 0.358 bits per heavy atom. The lowest BCUT2D eigenvalue weighted by Crippen LogP contribution is -2.15. The number of hydrogen-bond acceptors (Lipinski definition) is 1. The van der Waals surface area contributed by atoms with Crippen molar-refractivity contribution in [3.63, 3.8) is 0 Å². The van der Waals surface area contributed by atoms with Gasteiger partial charge in [-0.25, -0.2) is 0 Å². The molecule has 0 fully saturated rings. The summed E-state index contributed by atoms with van der Waals surface area (Å²) < 4.78 is 2.73. The number of benzene rings is 9. The van der Waals surface area contributed by atoms with E-state index in [0.717, 1.165) is 0 Å². The van der Waals surface area contributed by atoms with Crippen molar-refractivity contribution >= 4 is 63.8 Å². The first-order valence-electron chi connectivity index (χ1n) is 18.8. The number of fused-ring (bicyclic) bond motifs is 10. The van der Waals surface area contributed by atoms with E-state index in [-0.39, 0.29) is 10.8 Å². The molecule has 1 aromatic heterocycles. The lowest BCUT2D eigenvalue weighted by atomic mass is 9.79. The summed E-state index contributed by atoms with van der Waals surface area (Å²) in [4.78, 5) is 0. The first-order valence-corrected chi connectivity index (χ1v) is 19.7. The Balaban J connectivity index is 1.18. The van der Waals surface area contributed by atoms with Gasteiger partial charge in [0.2, 0.25) is 0 Å². The molecule has 0 saturated heterocycles. The van der Waals surface area contributed by atoms with E-state index in [9.17, 15) is 0 Å². The second-order valence-corrected chi connectivity index (χ2v) is 17.5. The van der Waals surface area contributed by atoms with Crippen molar-refractivity contribution in [2.45, 2.75) is 38.5 Å². The fourth-order valence-electron chi connectivity index (χ4n) is 10.4. The molecule has 12 rings (SSSR count). The average molecular weight is 693 g/mol. The van der Waals surface area contributed by atoms with E-state index >= 15 is 0 Å². The highest BCUT2D eigenvalue weighted by Gasteiger charge is 2.37. The SMILES string of the molecule is CC1(C)c2ccccc2-c2ccc(-c3cc(-c4ccc5c(c4)C(C)(C)c4ccccc4-5)c4ccc5c6sc7ccccc7c6cc6ccc3c4c65)cc21. The molecule has 0 amide bonds. The van der Waals surface area contributed by atoms with Gasteiger partial charge < -0.3 is 0 Å². The Labute approximate surface area is 313 Å². The van der Waals surface area contributed by atoms with Crippen LogP contribution in [-0.2, 0) is 10.8 Å². The maximum Gasteiger partial charge on any atom is 0.0434 e. The second kappa shape index (κ2) is 10.0. The lowest BCUT2D eigenvalue weighted by molar-refractivity contribution is 0.660. The summed E-state index contributed by atoms with van der Waals surface area (Å²) in [5, 5.41) is 10.8. The van der Waals surface area contributed by atoms with E-state index in [1.165, 1.54) is 119 Å². The molecular weight excluding hydrogens is 657 g/mol. The predicted molar refractivity (Wildman–Crippen MR) is 229 cm³/mol. The van der Waals surface area contributed by atoms with Crippen LogP contribution >= 0.6 is 11.3 Å². The maximum atomic E-state index is 2.50. The zero-order valence-corrected chi connectivity index (χ0v) is 31.1. The van der Waals surface area contributed by atoms with Crippen LogP contribution in [0.3, 0.4) is 0 Å². The Bertz CT molecular complexity index is 3090. The first kappa shape index (κ1) is 29.8. The van der Waals surface area contributed by atoms with Gasteiger partial charge in [0.05, 0.1) is 0 Å². The van der Waals surface area contributed by atoms with Gasteiger partial charge in [-0.15, -0.1) is 11.3 Å². The van der Waals surface area contributed by atoms with E-state index in [2.05, 4.69) is 173 Å². The van der Waals surface area contributed by atoms with Crippen LogP contribution in [0.5, 0.6) is 0 Å². The van der Waals surface area contributed by atoms with E-state index < -0.39 is 0 Å². The third-order valence-electron chi connectivity index (χ3n) is 13.0. The molecule has 1 heteroatoms. The molecule has 9 aromatic carbocycles. The first-order chi connectivity index (χ1) is 25.8. The van der Waals surface area contributed by atoms with Crippen LogP contribution < -0.4 is 0 Å². The van der Waals surface area contributed by atoms with Crippen LogP contribution in [0.25, 0.3) is 97.0 Å². The van der Waals surface area contributed by atoms with Crippen molar-refractivity contribution < 1.29 is 0 Å². The molecule has 2 aliphatic rings. The van der Waals surface area contributed by atoms with Gasteiger partial charge in [-0.3, -0.25) is 0 Å². The van der Waals surface area contributed by atoms with Crippen LogP contribution in [0.2, 0.25) is 0 Å². The van der Waals surface area contributed by atoms with Gasteiger partial charge in [-0.05, 0) is 124 Å². The van der Waals surface area contributed by atoms with Gasteiger partial charge >= 0.3 is 0 Å². The Hall–Kier alpha value is -5.76. The standard InChI is InChI=1S/C52H36S/c1-51(2)43-14-8-5-11-32(43)34-20-17-29(26-45(34)51)40-28-41(30-18-21-35-33-12-6-9-15-44(33)52(3,4)46(35)27-30)38-23-24-39-48-31(19-22-37(40)49(38)48)25-42-36-13-7-10-16-47(36)53-50(39)42/h5-28H,1-4H3. The number of hydrogen-bond donors (Lipinski definition) is 0. The molecular formula is C52H36S. The summed E-state index contributed by atoms with van der Waals surface area (Å²) in [5.74, 6) is 0. The molecule has 0 nitrogen and oxygen atoms in total. The van der Waals surface area contributed by atoms with Crippen LogP contribution in [-0.4, -0.2) is 0 Å². The molecule has 10 aromatic rings. The Kier molecular flexibility index (Phi) is 5.62. The topological polar surface area (TPSA) is 0 Å². The van der Waals surface area contributed by atoms with Crippen molar-refractivity contribution in [2.75, 3.05) is 0 Å². The zero-order chi connectivity index (χ0) is 35.4. The molecule has 2 aliphatic carbocycles. The predicted octanol–water partition coefficient (Wildman–Crippen LogP) is 14.9. The van der Waals surface area contributed by atoms with E-state index in [4.69, 9.17) is 0 Å². The monoisotopic (exact) mass is 692 g/mol. The molecule has 0 aliphatic heterocycles. The van der Waals surface area contributed by atoms with Gasteiger partial charge in [0.15, 0.2) is 0 Å². The Morgan fingerprint density at radius 2 is 0.887 bits per heavy atom. The minimum atomic E-state index is -0.0676. The van der Waals surface area contributed by atoms with E-state index in [1.54, 1.807) is 0 Å². The highest BCUT2D eigenvalue weighted by molar-refractivity contribution is 7.26. The molecule has 0 bridgehead atoms. The molecule has 0 radical (unpaired) electrons. The van der Waals surface area contributed by atoms with Crippen LogP contribution in [0.4, 0.5) is 0 Å². The van der Waals surface area contributed by atoms with Crippen LogP contribution in [0.1, 0.15) is 49.9 Å². The van der Waals surface area contributed by atoms with Gasteiger partial charge in [0.25, 0.3) is 0 Å². The number of rotatable bonds is 2. The maximum absolute atomic E-state index is 2.50. The van der Waals surface area contributed by atoms with Crippen molar-refractivity contribution in [2.24, 2.45) is 0 Å². The van der Waals surface area contributed by atoms with Crippen molar-refractivity contribution in [3.8, 4) is 44.5 Å². The van der Waals surface area contributed by atoms with Crippen molar-refractivity contribution in [3.05, 3.63) is 168 Å². The fraction of sp³-hybridized carbons (Fsp3) is 0.115. The molecule has 0 atom stereocenters. The summed E-state index contributed by atoms with van der Waals surface area (Å²) >= 11 is 1.93. The molecule has 53 heavy (non-hydrogen) atoms. The summed E-state index contributed by atoms with van der Waals surface area (Å²) in [6.07, 6.45) is 0. The summed E-state index contributed by atoms with van der Waals surface area (Å²) in [7, 11) is 0. The Morgan fingerprint density at radius 3 is 1.53 bits per heavy atom. The van der Waals surface area contributed by atoms with Crippen LogP contribution in [0.15, 0.2) is 146 Å². The zero-order valence-electron chi connectivity index (χ0n) is 30.3. The highest BCUT2D eigenvalue weighted by atomic mass is 32.1. The van der Waals surface area contributed by atoms with Crippen molar-refractivity contribution in [1.82, 2.24) is 0 Å². The smallest absolute Gasteiger partial charge is 0.0434 e. The molecule has 0 saturated carbocycles. The largest absolute Gasteiger partial charge is 0.135 e. The number of thiophene rings is 1. The molecule has 0 spiro atoms. The summed E-state index contributed by atoms with van der Waals surface area (Å²) in [6, 6.07) is 55.9. The quantitative estimate of drug-likeness (QED) is 0.158. The second-order valence-electron chi connectivity index (χ2n) is 16.4. The average Bonchev–Trinajstić information content (AvgIpc) is 3.76. The molecule has 1 heterocycles. The molecule has 0 unspecified atom stereocenters. The minimum absolute atomic E-state index is 0.0676. The third-order valence-corrected chi connectivity index (χ3v) is 14.2. The lowest BCUT2D eigenvalue weighted by Gasteiger charge is -2.24. The van der Waals surface area contributed by atoms with E-state index in [0.29, 0.717) is 0 Å². The third kappa shape index (κ3) is 3.76. The van der Waals surface area contributed by atoms with Gasteiger partial charge in [0, 0.05) is 36.4 Å². The molecule has 0 N–H and O–H groups in total. The van der Waals surface area contributed by atoms with Gasteiger partial charge in [-0.2, -0.15) is 0 Å². The van der Waals surface area contributed by atoms with Gasteiger partial charge in [-0.1, -0.05) is 143 Å². The van der Waals surface area contributed by atoms with Gasteiger partial charge in [0.1, 0.15) is 0 Å². The highest BCUT2D eigenvalue weighted by Crippen LogP contribution is 2.54. The van der Waals surface area contributed by atoms with E-state index in [1.807, 2.05) is 11.3 Å². The normalized spacial score (nSPS) is 15.1. The minimum Gasteiger partial charge on any atom is -0.135 e.